The molecule has 2 aromatic rings. The average molecular weight is 258 g/mol. The van der Waals surface area contributed by atoms with E-state index in [1.807, 2.05) is 0 Å². The molecule has 2 heterocycles. The topological polar surface area (TPSA) is 102 Å². The van der Waals surface area contributed by atoms with Crippen molar-refractivity contribution in [3.63, 3.8) is 0 Å². The summed E-state index contributed by atoms with van der Waals surface area (Å²) in [6.45, 7) is -0.198. The third kappa shape index (κ3) is 2.25. The maximum absolute atomic E-state index is 9.91. The fraction of sp³-hybridized carbons (Fsp3) is 0.400. The predicted octanol–water partition coefficient (Wildman–Crippen LogP) is 0.388. The Morgan fingerprint density at radius 1 is 1.35 bits per heavy atom. The second kappa shape index (κ2) is 4.97. The van der Waals surface area contributed by atoms with Crippen LogP contribution < -0.4 is 0 Å². The lowest BCUT2D eigenvalue weighted by Crippen LogP contribution is -2.19. The van der Waals surface area contributed by atoms with E-state index in [0.717, 1.165) is 0 Å². The Bertz CT molecular complexity index is 516. The number of aromatic nitrogens is 3. The summed E-state index contributed by atoms with van der Waals surface area (Å²) in [5.41, 5.74) is 1.42. The molecule has 92 valence electrons. The van der Waals surface area contributed by atoms with Gasteiger partial charge in [-0.2, -0.15) is 0 Å². The number of fused-ring (bicyclic) bond motifs is 1. The van der Waals surface area contributed by atoms with Crippen molar-refractivity contribution in [2.75, 3.05) is 6.61 Å². The van der Waals surface area contributed by atoms with Crippen LogP contribution in [0, 0.1) is 0 Å². The molecule has 4 N–H and O–H groups in total. The summed E-state index contributed by atoms with van der Waals surface area (Å²) in [6, 6.07) is 0. The number of halogens is 1. The Balaban J connectivity index is 2.39. The maximum atomic E-state index is 9.91. The summed E-state index contributed by atoms with van der Waals surface area (Å²) >= 11 is 5.85. The fourth-order valence-corrected chi connectivity index (χ4v) is 1.84. The Morgan fingerprint density at radius 3 is 2.82 bits per heavy atom. The van der Waals surface area contributed by atoms with Crippen LogP contribution in [0.5, 0.6) is 0 Å². The van der Waals surface area contributed by atoms with Gasteiger partial charge < -0.3 is 20.3 Å². The molecule has 0 saturated heterocycles. The molecule has 0 radical (unpaired) electrons. The van der Waals surface area contributed by atoms with Crippen molar-refractivity contribution in [3.05, 3.63) is 23.2 Å². The minimum absolute atomic E-state index is 0.0899. The van der Waals surface area contributed by atoms with E-state index in [-0.39, 0.29) is 18.2 Å². The van der Waals surface area contributed by atoms with E-state index in [2.05, 4.69) is 15.0 Å². The molecule has 0 spiro atoms. The Morgan fingerprint density at radius 2 is 2.12 bits per heavy atom. The first-order valence-electron chi connectivity index (χ1n) is 5.09. The summed E-state index contributed by atoms with van der Waals surface area (Å²) in [5.74, 6) is 0. The zero-order valence-electron chi connectivity index (χ0n) is 8.84. The molecule has 0 bridgehead atoms. The van der Waals surface area contributed by atoms with E-state index >= 15 is 0 Å². The second-order valence-corrected chi connectivity index (χ2v) is 4.01. The number of nitrogens with zero attached hydrogens (tertiary/aromatic N) is 2. The van der Waals surface area contributed by atoms with Gasteiger partial charge in [-0.1, -0.05) is 11.6 Å². The lowest BCUT2D eigenvalue weighted by molar-refractivity contribution is 0.00491. The van der Waals surface area contributed by atoms with Gasteiger partial charge in [0.25, 0.3) is 0 Å². The number of nitrogens with one attached hydrogen (secondary N) is 1. The molecule has 0 aliphatic rings. The van der Waals surface area contributed by atoms with E-state index in [9.17, 15) is 10.2 Å². The third-order valence-corrected chi connectivity index (χ3v) is 2.84. The van der Waals surface area contributed by atoms with E-state index < -0.39 is 12.2 Å². The van der Waals surface area contributed by atoms with Crippen molar-refractivity contribution in [3.8, 4) is 0 Å². The smallest absolute Gasteiger partial charge is 0.156 e. The van der Waals surface area contributed by atoms with Gasteiger partial charge in [-0.05, 0) is 6.42 Å². The molecule has 2 aromatic heterocycles. The molecule has 2 unspecified atom stereocenters. The molecular formula is C10H12ClN3O3. The molecular weight excluding hydrogens is 246 g/mol. The maximum Gasteiger partial charge on any atom is 0.156 e. The van der Waals surface area contributed by atoms with Crippen molar-refractivity contribution in [2.24, 2.45) is 0 Å². The van der Waals surface area contributed by atoms with Crippen LogP contribution in [-0.2, 0) is 0 Å². The molecule has 0 saturated carbocycles. The van der Waals surface area contributed by atoms with Gasteiger partial charge in [-0.15, -0.1) is 0 Å². The molecule has 0 amide bonds. The molecule has 17 heavy (non-hydrogen) atoms. The van der Waals surface area contributed by atoms with Gasteiger partial charge in [0, 0.05) is 18.4 Å². The predicted molar refractivity (Wildman–Crippen MR) is 61.6 cm³/mol. The lowest BCUT2D eigenvalue weighted by atomic mass is 10.0. The normalized spacial score (nSPS) is 15.1. The van der Waals surface area contributed by atoms with E-state index in [4.69, 9.17) is 16.7 Å². The Labute approximate surface area is 102 Å². The second-order valence-electron chi connectivity index (χ2n) is 3.66. The first kappa shape index (κ1) is 12.3. The van der Waals surface area contributed by atoms with Gasteiger partial charge >= 0.3 is 0 Å². The minimum Gasteiger partial charge on any atom is -0.396 e. The standard InChI is InChI=1S/C10H12ClN3O3/c11-10-8-7(13-4-14-10)5(3-12-8)9(17)6(16)1-2-15/h3-4,6,9,12,15-17H,1-2H2. The minimum atomic E-state index is -1.12. The van der Waals surface area contributed by atoms with Crippen molar-refractivity contribution in [1.82, 2.24) is 15.0 Å². The first-order valence-corrected chi connectivity index (χ1v) is 5.47. The van der Waals surface area contributed by atoms with Crippen LogP contribution in [0.2, 0.25) is 5.15 Å². The first-order chi connectivity index (χ1) is 8.15. The molecule has 7 heteroatoms. The van der Waals surface area contributed by atoms with Gasteiger partial charge in [0.2, 0.25) is 0 Å². The Hall–Kier alpha value is -1.21. The van der Waals surface area contributed by atoms with E-state index in [1.165, 1.54) is 12.5 Å². The number of hydrogen-bond acceptors (Lipinski definition) is 5. The summed E-state index contributed by atoms with van der Waals surface area (Å²) in [4.78, 5) is 10.6. The van der Waals surface area contributed by atoms with Gasteiger partial charge in [0.1, 0.15) is 17.9 Å². The zero-order chi connectivity index (χ0) is 12.4. The summed E-state index contributed by atoms with van der Waals surface area (Å²) in [6.07, 6.45) is 0.727. The van der Waals surface area contributed by atoms with Crippen molar-refractivity contribution >= 4 is 22.6 Å². The van der Waals surface area contributed by atoms with Crippen LogP contribution in [0.15, 0.2) is 12.5 Å². The fourth-order valence-electron chi connectivity index (χ4n) is 1.65. The summed E-state index contributed by atoms with van der Waals surface area (Å²) in [7, 11) is 0. The zero-order valence-corrected chi connectivity index (χ0v) is 9.59. The Kier molecular flexibility index (Phi) is 3.58. The van der Waals surface area contributed by atoms with Crippen LogP contribution in [0.3, 0.4) is 0 Å². The van der Waals surface area contributed by atoms with Crippen molar-refractivity contribution in [2.45, 2.75) is 18.6 Å². The number of hydrogen-bond donors (Lipinski definition) is 4. The van der Waals surface area contributed by atoms with Gasteiger partial charge in [0.05, 0.1) is 11.6 Å². The number of aliphatic hydroxyl groups excluding tert-OH is 3. The number of aromatic amines is 1. The van der Waals surface area contributed by atoms with Crippen LogP contribution >= 0.6 is 11.6 Å². The third-order valence-electron chi connectivity index (χ3n) is 2.55. The molecule has 2 atom stereocenters. The lowest BCUT2D eigenvalue weighted by Gasteiger charge is -2.15. The number of aliphatic hydroxyl groups is 3. The highest BCUT2D eigenvalue weighted by Crippen LogP contribution is 2.28. The van der Waals surface area contributed by atoms with E-state index in [1.54, 1.807) is 0 Å². The van der Waals surface area contributed by atoms with E-state index in [0.29, 0.717) is 16.6 Å². The van der Waals surface area contributed by atoms with Crippen molar-refractivity contribution in [1.29, 1.82) is 0 Å². The summed E-state index contributed by atoms with van der Waals surface area (Å²) in [5, 5.41) is 28.5. The molecule has 2 rings (SSSR count). The molecule has 0 aromatic carbocycles. The molecule has 0 fully saturated rings. The van der Waals surface area contributed by atoms with Crippen LogP contribution in [-0.4, -0.2) is 43.0 Å². The van der Waals surface area contributed by atoms with Crippen LogP contribution in [0.1, 0.15) is 18.1 Å². The number of H-pyrrole nitrogens is 1. The van der Waals surface area contributed by atoms with Gasteiger partial charge in [-0.25, -0.2) is 9.97 Å². The number of rotatable bonds is 4. The quantitative estimate of drug-likeness (QED) is 0.594. The van der Waals surface area contributed by atoms with Gasteiger partial charge in [-0.3, -0.25) is 0 Å². The largest absolute Gasteiger partial charge is 0.396 e. The molecule has 0 aliphatic heterocycles. The monoisotopic (exact) mass is 257 g/mol. The highest BCUT2D eigenvalue weighted by atomic mass is 35.5. The van der Waals surface area contributed by atoms with Crippen LogP contribution in [0.25, 0.3) is 11.0 Å². The molecule has 0 aliphatic carbocycles. The SMILES string of the molecule is OCCC(O)C(O)c1c[nH]c2c(Cl)ncnc12. The van der Waals surface area contributed by atoms with Crippen molar-refractivity contribution < 1.29 is 15.3 Å². The average Bonchev–Trinajstić information content (AvgIpc) is 2.73. The summed E-state index contributed by atoms with van der Waals surface area (Å²) < 4.78 is 0. The van der Waals surface area contributed by atoms with Gasteiger partial charge in [0.15, 0.2) is 5.15 Å². The highest BCUT2D eigenvalue weighted by molar-refractivity contribution is 6.33. The molecule has 6 nitrogen and oxygen atoms in total. The highest BCUT2D eigenvalue weighted by Gasteiger charge is 2.22. The van der Waals surface area contributed by atoms with Crippen LogP contribution in [0.4, 0.5) is 0 Å².